The lowest BCUT2D eigenvalue weighted by atomic mass is 10.0. The first-order valence-corrected chi connectivity index (χ1v) is 6.21. The molecule has 2 unspecified atom stereocenters. The van der Waals surface area contributed by atoms with Crippen molar-refractivity contribution in [1.82, 2.24) is 10.6 Å². The third-order valence-corrected chi connectivity index (χ3v) is 2.94. The molecule has 1 heterocycles. The summed E-state index contributed by atoms with van der Waals surface area (Å²) in [5, 5.41) is 14.3. The van der Waals surface area contributed by atoms with E-state index in [2.05, 4.69) is 10.6 Å². The van der Waals surface area contributed by atoms with Crippen LogP contribution in [0.5, 0.6) is 0 Å². The second-order valence-corrected chi connectivity index (χ2v) is 5.48. The second kappa shape index (κ2) is 6.04. The molecule has 2 amide bonds. The fraction of sp³-hybridized carbons (Fsp3) is 0.833. The van der Waals surface area contributed by atoms with Gasteiger partial charge in [0.05, 0.1) is 12.1 Å². The van der Waals surface area contributed by atoms with Gasteiger partial charge in [0, 0.05) is 6.61 Å². The molecule has 0 aromatic rings. The monoisotopic (exact) mass is 258 g/mol. The molecule has 0 aromatic carbocycles. The fourth-order valence-electron chi connectivity index (χ4n) is 1.93. The number of aliphatic carboxylic acids is 1. The van der Waals surface area contributed by atoms with E-state index in [1.54, 1.807) is 0 Å². The lowest BCUT2D eigenvalue weighted by Gasteiger charge is -2.25. The Balaban J connectivity index is 2.48. The van der Waals surface area contributed by atoms with Gasteiger partial charge in [-0.3, -0.25) is 0 Å². The number of hydrogen-bond acceptors (Lipinski definition) is 3. The van der Waals surface area contributed by atoms with Crippen molar-refractivity contribution in [2.45, 2.75) is 45.2 Å². The summed E-state index contributed by atoms with van der Waals surface area (Å²) in [7, 11) is 0. The Morgan fingerprint density at radius 1 is 1.44 bits per heavy atom. The molecule has 1 fully saturated rings. The van der Waals surface area contributed by atoms with Crippen molar-refractivity contribution in [3.05, 3.63) is 0 Å². The molecule has 0 spiro atoms. The van der Waals surface area contributed by atoms with Crippen molar-refractivity contribution < 1.29 is 19.4 Å². The van der Waals surface area contributed by atoms with E-state index in [1.807, 2.05) is 20.8 Å². The number of carbonyl (C=O) groups is 2. The summed E-state index contributed by atoms with van der Waals surface area (Å²) < 4.78 is 5.22. The van der Waals surface area contributed by atoms with Gasteiger partial charge in [-0.1, -0.05) is 13.8 Å². The SMILES string of the molecule is CC(C)CC(NC(=O)NC1(C)CCOC1)C(=O)O. The maximum Gasteiger partial charge on any atom is 0.326 e. The summed E-state index contributed by atoms with van der Waals surface area (Å²) in [6.45, 7) is 6.80. The van der Waals surface area contributed by atoms with E-state index >= 15 is 0 Å². The number of urea groups is 1. The molecule has 2 atom stereocenters. The fourth-order valence-corrected chi connectivity index (χ4v) is 1.93. The molecule has 0 radical (unpaired) electrons. The van der Waals surface area contributed by atoms with Crippen molar-refractivity contribution in [3.63, 3.8) is 0 Å². The molecule has 18 heavy (non-hydrogen) atoms. The highest BCUT2D eigenvalue weighted by atomic mass is 16.5. The van der Waals surface area contributed by atoms with Crippen LogP contribution in [0, 0.1) is 5.92 Å². The first kappa shape index (κ1) is 14.8. The van der Waals surface area contributed by atoms with E-state index in [0.717, 1.165) is 6.42 Å². The van der Waals surface area contributed by atoms with Crippen molar-refractivity contribution in [2.75, 3.05) is 13.2 Å². The molecule has 1 saturated heterocycles. The minimum absolute atomic E-state index is 0.205. The van der Waals surface area contributed by atoms with Crippen LogP contribution in [-0.2, 0) is 9.53 Å². The van der Waals surface area contributed by atoms with E-state index in [9.17, 15) is 9.59 Å². The summed E-state index contributed by atoms with van der Waals surface area (Å²) in [6.07, 6.45) is 1.15. The predicted octanol–water partition coefficient (Wildman–Crippen LogP) is 0.964. The number of carboxylic acid groups (broad SMARTS) is 1. The first-order chi connectivity index (χ1) is 8.32. The first-order valence-electron chi connectivity index (χ1n) is 6.21. The molecule has 0 aromatic heterocycles. The van der Waals surface area contributed by atoms with Gasteiger partial charge < -0.3 is 20.5 Å². The zero-order chi connectivity index (χ0) is 13.8. The van der Waals surface area contributed by atoms with Crippen LogP contribution in [0.15, 0.2) is 0 Å². The molecule has 0 bridgehead atoms. The summed E-state index contributed by atoms with van der Waals surface area (Å²) in [5.41, 5.74) is -0.398. The van der Waals surface area contributed by atoms with Crippen LogP contribution in [0.2, 0.25) is 0 Å². The second-order valence-electron chi connectivity index (χ2n) is 5.48. The molecular formula is C12H22N2O4. The minimum Gasteiger partial charge on any atom is -0.480 e. The maximum absolute atomic E-state index is 11.8. The van der Waals surface area contributed by atoms with Crippen molar-refractivity contribution in [1.29, 1.82) is 0 Å². The van der Waals surface area contributed by atoms with Crippen molar-refractivity contribution in [3.8, 4) is 0 Å². The highest BCUT2D eigenvalue weighted by Gasteiger charge is 2.32. The highest BCUT2D eigenvalue weighted by Crippen LogP contribution is 2.17. The molecular weight excluding hydrogens is 236 g/mol. The summed E-state index contributed by atoms with van der Waals surface area (Å²) in [4.78, 5) is 22.8. The Bertz CT molecular complexity index is 311. The van der Waals surface area contributed by atoms with Gasteiger partial charge in [-0.05, 0) is 25.7 Å². The minimum atomic E-state index is -1.01. The molecule has 6 heteroatoms. The van der Waals surface area contributed by atoms with Gasteiger partial charge >= 0.3 is 12.0 Å². The molecule has 1 rings (SSSR count). The van der Waals surface area contributed by atoms with Crippen molar-refractivity contribution >= 4 is 12.0 Å². The zero-order valence-electron chi connectivity index (χ0n) is 11.2. The number of nitrogens with one attached hydrogen (secondary N) is 2. The lowest BCUT2D eigenvalue weighted by Crippen LogP contribution is -2.54. The summed E-state index contributed by atoms with van der Waals surface area (Å²) in [6, 6.07) is -1.30. The molecule has 0 saturated carbocycles. The third-order valence-electron chi connectivity index (χ3n) is 2.94. The van der Waals surface area contributed by atoms with E-state index in [-0.39, 0.29) is 5.92 Å². The Morgan fingerprint density at radius 3 is 2.56 bits per heavy atom. The number of hydrogen-bond donors (Lipinski definition) is 3. The molecule has 3 N–H and O–H groups in total. The van der Waals surface area contributed by atoms with Gasteiger partial charge in [-0.2, -0.15) is 0 Å². The molecule has 0 aliphatic carbocycles. The number of carboxylic acids is 1. The van der Waals surface area contributed by atoms with Gasteiger partial charge in [-0.15, -0.1) is 0 Å². The van der Waals surface area contributed by atoms with Crippen LogP contribution >= 0.6 is 0 Å². The zero-order valence-corrected chi connectivity index (χ0v) is 11.2. The average molecular weight is 258 g/mol. The summed E-state index contributed by atoms with van der Waals surface area (Å²) in [5.74, 6) is -0.802. The quantitative estimate of drug-likeness (QED) is 0.685. The predicted molar refractivity (Wildman–Crippen MR) is 66.4 cm³/mol. The van der Waals surface area contributed by atoms with E-state index < -0.39 is 23.6 Å². The third kappa shape index (κ3) is 4.52. The Kier molecular flexibility index (Phi) is 4.95. The highest BCUT2D eigenvalue weighted by molar-refractivity contribution is 5.82. The molecule has 6 nitrogen and oxygen atoms in total. The molecule has 1 aliphatic heterocycles. The van der Waals surface area contributed by atoms with Crippen LogP contribution in [0.25, 0.3) is 0 Å². The van der Waals surface area contributed by atoms with Crippen LogP contribution in [0.4, 0.5) is 4.79 Å². The van der Waals surface area contributed by atoms with Crippen LogP contribution in [-0.4, -0.2) is 41.9 Å². The number of amides is 2. The standard InChI is InChI=1S/C12H22N2O4/c1-8(2)6-9(10(15)16)13-11(17)14-12(3)4-5-18-7-12/h8-9H,4-7H2,1-3H3,(H,15,16)(H2,13,14,17). The number of carbonyl (C=O) groups excluding carboxylic acids is 1. The van der Waals surface area contributed by atoms with Crippen LogP contribution in [0.1, 0.15) is 33.6 Å². The lowest BCUT2D eigenvalue weighted by molar-refractivity contribution is -0.139. The van der Waals surface area contributed by atoms with Crippen LogP contribution < -0.4 is 10.6 Å². The van der Waals surface area contributed by atoms with Gasteiger partial charge in [0.2, 0.25) is 0 Å². The molecule has 1 aliphatic rings. The van der Waals surface area contributed by atoms with E-state index in [4.69, 9.17) is 9.84 Å². The largest absolute Gasteiger partial charge is 0.480 e. The maximum atomic E-state index is 11.8. The van der Waals surface area contributed by atoms with Crippen molar-refractivity contribution in [2.24, 2.45) is 5.92 Å². The Hall–Kier alpha value is -1.30. The topological polar surface area (TPSA) is 87.7 Å². The Morgan fingerprint density at radius 2 is 2.11 bits per heavy atom. The number of ether oxygens (including phenoxy) is 1. The average Bonchev–Trinajstić information content (AvgIpc) is 2.62. The van der Waals surface area contributed by atoms with E-state index in [1.165, 1.54) is 0 Å². The van der Waals surface area contributed by atoms with Gasteiger partial charge in [0.15, 0.2) is 0 Å². The Labute approximate surface area is 107 Å². The van der Waals surface area contributed by atoms with Gasteiger partial charge in [0.1, 0.15) is 6.04 Å². The number of rotatable bonds is 5. The molecule has 104 valence electrons. The van der Waals surface area contributed by atoms with Crippen LogP contribution in [0.3, 0.4) is 0 Å². The summed E-state index contributed by atoms with van der Waals surface area (Å²) >= 11 is 0. The van der Waals surface area contributed by atoms with E-state index in [0.29, 0.717) is 19.6 Å². The smallest absolute Gasteiger partial charge is 0.326 e. The van der Waals surface area contributed by atoms with Gasteiger partial charge in [-0.25, -0.2) is 9.59 Å². The van der Waals surface area contributed by atoms with Gasteiger partial charge in [0.25, 0.3) is 0 Å². The normalized spacial score (nSPS) is 24.9.